The maximum atomic E-state index is 4.68. The van der Waals surface area contributed by atoms with E-state index in [2.05, 4.69) is 48.3 Å². The van der Waals surface area contributed by atoms with Gasteiger partial charge in [-0.3, -0.25) is 0 Å². The van der Waals surface area contributed by atoms with E-state index in [1.165, 1.54) is 21.0 Å². The standard InChI is InChI=1S/C14H13NS/c1-10-6-8-11(9-7-10)14-15-12-4-2-3-5-13(12)16-14/h4-9H,2-3H2,1H3. The molecule has 2 heteroatoms. The Labute approximate surface area is 98.8 Å². The van der Waals surface area contributed by atoms with Gasteiger partial charge in [-0.25, -0.2) is 4.98 Å². The molecule has 0 aliphatic heterocycles. The third-order valence-corrected chi connectivity index (χ3v) is 3.93. The maximum Gasteiger partial charge on any atom is 0.124 e. The summed E-state index contributed by atoms with van der Waals surface area (Å²) in [5.74, 6) is 0. The van der Waals surface area contributed by atoms with Crippen LogP contribution in [0.5, 0.6) is 0 Å². The van der Waals surface area contributed by atoms with Gasteiger partial charge in [-0.15, -0.1) is 11.3 Å². The van der Waals surface area contributed by atoms with Crippen LogP contribution in [0.15, 0.2) is 24.3 Å². The predicted octanol–water partition coefficient (Wildman–Crippen LogP) is 2.47. The van der Waals surface area contributed by atoms with Crippen LogP contribution in [-0.2, 0) is 0 Å². The van der Waals surface area contributed by atoms with E-state index in [9.17, 15) is 0 Å². The van der Waals surface area contributed by atoms with E-state index < -0.39 is 0 Å². The molecule has 1 aromatic carbocycles. The van der Waals surface area contributed by atoms with E-state index in [-0.39, 0.29) is 0 Å². The molecule has 0 atom stereocenters. The number of hydrogen-bond acceptors (Lipinski definition) is 2. The molecule has 0 bridgehead atoms. The van der Waals surface area contributed by atoms with Gasteiger partial charge in [-0.05, 0) is 19.8 Å². The summed E-state index contributed by atoms with van der Waals surface area (Å²) in [6.07, 6.45) is 6.82. The first kappa shape index (κ1) is 9.79. The molecule has 1 heterocycles. The van der Waals surface area contributed by atoms with E-state index in [0.29, 0.717) is 0 Å². The van der Waals surface area contributed by atoms with Crippen LogP contribution in [0.4, 0.5) is 0 Å². The molecule has 1 aliphatic rings. The lowest BCUT2D eigenvalue weighted by Crippen LogP contribution is -2.22. The average Bonchev–Trinajstić information content (AvgIpc) is 2.73. The van der Waals surface area contributed by atoms with Crippen LogP contribution in [0.1, 0.15) is 18.4 Å². The largest absolute Gasteiger partial charge is 0.236 e. The average molecular weight is 227 g/mol. The summed E-state index contributed by atoms with van der Waals surface area (Å²) < 4.78 is 1.34. The number of aryl methyl sites for hydroxylation is 1. The zero-order valence-corrected chi connectivity index (χ0v) is 10.1. The Morgan fingerprint density at radius 3 is 2.56 bits per heavy atom. The van der Waals surface area contributed by atoms with Crippen molar-refractivity contribution >= 4 is 23.5 Å². The summed E-state index contributed by atoms with van der Waals surface area (Å²) in [6.45, 7) is 2.11. The molecule has 0 N–H and O–H groups in total. The Balaban J connectivity index is 2.14. The molecule has 0 saturated carbocycles. The summed E-state index contributed by atoms with van der Waals surface area (Å²) >= 11 is 1.80. The van der Waals surface area contributed by atoms with Gasteiger partial charge in [0.05, 0.1) is 9.88 Å². The number of fused-ring (bicyclic) bond motifs is 1. The van der Waals surface area contributed by atoms with Crippen molar-refractivity contribution in [3.05, 3.63) is 39.7 Å². The molecular formula is C14H13NS. The number of nitrogens with zero attached hydrogens (tertiary/aromatic N) is 1. The second-order valence-corrected chi connectivity index (χ2v) is 5.15. The molecular weight excluding hydrogens is 214 g/mol. The Hall–Kier alpha value is -1.41. The van der Waals surface area contributed by atoms with Crippen LogP contribution in [0, 0.1) is 6.92 Å². The van der Waals surface area contributed by atoms with Crippen LogP contribution in [0.25, 0.3) is 22.7 Å². The highest BCUT2D eigenvalue weighted by Gasteiger charge is 2.04. The first-order valence-corrected chi connectivity index (χ1v) is 6.39. The van der Waals surface area contributed by atoms with Gasteiger partial charge in [-0.2, -0.15) is 0 Å². The van der Waals surface area contributed by atoms with Crippen LogP contribution in [0.2, 0.25) is 0 Å². The number of rotatable bonds is 1. The molecule has 2 aromatic rings. The Kier molecular flexibility index (Phi) is 2.37. The van der Waals surface area contributed by atoms with Crippen LogP contribution in [0.3, 0.4) is 0 Å². The van der Waals surface area contributed by atoms with Crippen molar-refractivity contribution in [1.29, 1.82) is 0 Å². The van der Waals surface area contributed by atoms with Crippen molar-refractivity contribution in [2.45, 2.75) is 19.8 Å². The van der Waals surface area contributed by atoms with Crippen molar-refractivity contribution in [1.82, 2.24) is 4.98 Å². The first-order chi connectivity index (χ1) is 7.83. The van der Waals surface area contributed by atoms with Gasteiger partial charge in [0.2, 0.25) is 0 Å². The molecule has 1 aliphatic carbocycles. The zero-order valence-electron chi connectivity index (χ0n) is 9.23. The monoisotopic (exact) mass is 227 g/mol. The van der Waals surface area contributed by atoms with Gasteiger partial charge >= 0.3 is 0 Å². The van der Waals surface area contributed by atoms with Crippen LogP contribution >= 0.6 is 11.3 Å². The highest BCUT2D eigenvalue weighted by molar-refractivity contribution is 7.13. The molecule has 1 nitrogen and oxygen atoms in total. The van der Waals surface area contributed by atoms with Gasteiger partial charge in [0.25, 0.3) is 0 Å². The third-order valence-electron chi connectivity index (χ3n) is 2.81. The van der Waals surface area contributed by atoms with E-state index in [1.807, 2.05) is 0 Å². The molecule has 0 fully saturated rings. The Morgan fingerprint density at radius 1 is 1.06 bits per heavy atom. The zero-order chi connectivity index (χ0) is 11.0. The number of thiazole rings is 1. The molecule has 80 valence electrons. The summed E-state index contributed by atoms with van der Waals surface area (Å²) in [5.41, 5.74) is 2.52. The molecule has 16 heavy (non-hydrogen) atoms. The van der Waals surface area contributed by atoms with Crippen LogP contribution < -0.4 is 9.88 Å². The molecule has 0 radical (unpaired) electrons. The van der Waals surface area contributed by atoms with Gasteiger partial charge < -0.3 is 0 Å². The summed E-state index contributed by atoms with van der Waals surface area (Å²) in [4.78, 5) is 4.68. The highest BCUT2D eigenvalue weighted by atomic mass is 32.1. The summed E-state index contributed by atoms with van der Waals surface area (Å²) in [6, 6.07) is 8.59. The topological polar surface area (TPSA) is 12.9 Å². The maximum absolute atomic E-state index is 4.68. The fraction of sp³-hybridized carbons (Fsp3) is 0.214. The minimum Gasteiger partial charge on any atom is -0.236 e. The first-order valence-electron chi connectivity index (χ1n) is 5.57. The molecule has 1 aromatic heterocycles. The van der Waals surface area contributed by atoms with E-state index in [1.54, 1.807) is 11.3 Å². The number of hydrogen-bond donors (Lipinski definition) is 0. The van der Waals surface area contributed by atoms with E-state index >= 15 is 0 Å². The lowest BCUT2D eigenvalue weighted by Gasteiger charge is -1.95. The molecule has 0 amide bonds. The predicted molar refractivity (Wildman–Crippen MR) is 69.7 cm³/mol. The quantitative estimate of drug-likeness (QED) is 0.729. The van der Waals surface area contributed by atoms with Gasteiger partial charge in [0.15, 0.2) is 0 Å². The highest BCUT2D eigenvalue weighted by Crippen LogP contribution is 2.19. The molecule has 0 saturated heterocycles. The minimum absolute atomic E-state index is 1.13. The third kappa shape index (κ3) is 1.69. The van der Waals surface area contributed by atoms with Crippen molar-refractivity contribution in [2.24, 2.45) is 0 Å². The second-order valence-electron chi connectivity index (χ2n) is 4.12. The van der Waals surface area contributed by atoms with E-state index in [0.717, 1.165) is 17.8 Å². The van der Waals surface area contributed by atoms with Gasteiger partial charge in [-0.1, -0.05) is 42.0 Å². The lowest BCUT2D eigenvalue weighted by molar-refractivity contribution is 1.10. The Bertz CT molecular complexity index is 586. The normalized spacial score (nSPS) is 13.8. The van der Waals surface area contributed by atoms with Crippen molar-refractivity contribution in [3.63, 3.8) is 0 Å². The molecule has 0 spiro atoms. The minimum atomic E-state index is 1.13. The number of aromatic nitrogens is 1. The Morgan fingerprint density at radius 2 is 1.81 bits per heavy atom. The van der Waals surface area contributed by atoms with E-state index in [4.69, 9.17) is 0 Å². The van der Waals surface area contributed by atoms with Crippen molar-refractivity contribution < 1.29 is 0 Å². The fourth-order valence-electron chi connectivity index (χ4n) is 1.89. The van der Waals surface area contributed by atoms with Gasteiger partial charge in [0.1, 0.15) is 5.01 Å². The second kappa shape index (κ2) is 3.87. The van der Waals surface area contributed by atoms with Gasteiger partial charge in [0, 0.05) is 5.56 Å². The van der Waals surface area contributed by atoms with Crippen molar-refractivity contribution in [2.75, 3.05) is 0 Å². The smallest absolute Gasteiger partial charge is 0.124 e. The molecule has 3 rings (SSSR count). The number of benzene rings is 1. The molecule has 0 unspecified atom stereocenters. The summed E-state index contributed by atoms with van der Waals surface area (Å²) in [7, 11) is 0. The van der Waals surface area contributed by atoms with Crippen LogP contribution in [-0.4, -0.2) is 4.98 Å². The SMILES string of the molecule is Cc1ccc(-c2nc3c(s2)=CCCC=3)cc1. The fourth-order valence-corrected chi connectivity index (χ4v) is 2.93. The lowest BCUT2D eigenvalue weighted by atomic mass is 10.2. The summed E-state index contributed by atoms with van der Waals surface area (Å²) in [5, 5.41) is 2.31. The van der Waals surface area contributed by atoms with Crippen molar-refractivity contribution in [3.8, 4) is 10.6 Å².